The van der Waals surface area contributed by atoms with Gasteiger partial charge in [-0.1, -0.05) is 0 Å². The zero-order chi connectivity index (χ0) is 16.4. The smallest absolute Gasteiger partial charge is 0.277 e. The van der Waals surface area contributed by atoms with Crippen LogP contribution in [0.2, 0.25) is 0 Å². The molecule has 1 aromatic carbocycles. The highest BCUT2D eigenvalue weighted by Crippen LogP contribution is 2.27. The number of benzene rings is 1. The zero-order valence-electron chi connectivity index (χ0n) is 12.6. The number of carbonyl (C=O) groups is 2. The highest BCUT2D eigenvalue weighted by Gasteiger charge is 2.30. The van der Waals surface area contributed by atoms with Gasteiger partial charge in [-0.25, -0.2) is 4.39 Å². The van der Waals surface area contributed by atoms with Gasteiger partial charge in [-0.2, -0.15) is 0 Å². The molecule has 23 heavy (non-hydrogen) atoms. The second-order valence-corrected chi connectivity index (χ2v) is 5.56. The SMILES string of the molecule is O=C1C=C(Nc2ccc(N3CCCC3)c(F)c2)C(=O)N1CCO. The number of imide groups is 1. The molecule has 3 rings (SSSR count). The lowest BCUT2D eigenvalue weighted by Gasteiger charge is -2.19. The van der Waals surface area contributed by atoms with E-state index < -0.39 is 11.8 Å². The van der Waals surface area contributed by atoms with E-state index in [9.17, 15) is 14.0 Å². The molecule has 122 valence electrons. The highest BCUT2D eigenvalue weighted by atomic mass is 19.1. The average molecular weight is 319 g/mol. The van der Waals surface area contributed by atoms with E-state index in [0.717, 1.165) is 36.9 Å². The molecular weight excluding hydrogens is 301 g/mol. The number of anilines is 2. The molecule has 2 N–H and O–H groups in total. The predicted octanol–water partition coefficient (Wildman–Crippen LogP) is 1.08. The van der Waals surface area contributed by atoms with Crippen molar-refractivity contribution in [3.8, 4) is 0 Å². The Kier molecular flexibility index (Phi) is 4.29. The van der Waals surface area contributed by atoms with Crippen LogP contribution in [0.5, 0.6) is 0 Å². The summed E-state index contributed by atoms with van der Waals surface area (Å²) in [5.41, 5.74) is 1.04. The van der Waals surface area contributed by atoms with Crippen LogP contribution >= 0.6 is 0 Å². The molecule has 6 nitrogen and oxygen atoms in total. The third-order valence-corrected chi connectivity index (χ3v) is 4.01. The summed E-state index contributed by atoms with van der Waals surface area (Å²) in [7, 11) is 0. The number of hydrogen-bond donors (Lipinski definition) is 2. The predicted molar refractivity (Wildman–Crippen MR) is 83.4 cm³/mol. The molecule has 0 radical (unpaired) electrons. The van der Waals surface area contributed by atoms with E-state index >= 15 is 0 Å². The summed E-state index contributed by atoms with van der Waals surface area (Å²) in [5, 5.41) is 11.6. The lowest BCUT2D eigenvalue weighted by atomic mass is 10.2. The Hall–Kier alpha value is -2.41. The number of halogens is 1. The second kappa shape index (κ2) is 6.37. The minimum atomic E-state index is -0.520. The molecule has 0 aromatic heterocycles. The molecule has 2 aliphatic heterocycles. The van der Waals surface area contributed by atoms with Gasteiger partial charge in [0.1, 0.15) is 11.5 Å². The van der Waals surface area contributed by atoms with Gasteiger partial charge in [0.2, 0.25) is 0 Å². The molecule has 0 aliphatic carbocycles. The van der Waals surface area contributed by atoms with Gasteiger partial charge >= 0.3 is 0 Å². The van der Waals surface area contributed by atoms with Gasteiger partial charge in [0.25, 0.3) is 11.8 Å². The first-order chi connectivity index (χ1) is 11.1. The standard InChI is InChI=1S/C16H18FN3O3/c17-12-9-11(3-4-14(12)19-5-1-2-6-19)18-13-10-15(22)20(7-8-21)16(13)23/h3-4,9-10,18,21H,1-2,5-8H2. The van der Waals surface area contributed by atoms with E-state index in [4.69, 9.17) is 5.11 Å². The number of aliphatic hydroxyl groups excluding tert-OH is 1. The van der Waals surface area contributed by atoms with Crippen molar-refractivity contribution in [2.75, 3.05) is 36.5 Å². The van der Waals surface area contributed by atoms with Crippen LogP contribution in [-0.2, 0) is 9.59 Å². The van der Waals surface area contributed by atoms with Crippen LogP contribution in [0.1, 0.15) is 12.8 Å². The van der Waals surface area contributed by atoms with Crippen molar-refractivity contribution < 1.29 is 19.1 Å². The molecule has 0 unspecified atom stereocenters. The number of rotatable bonds is 5. The summed E-state index contributed by atoms with van der Waals surface area (Å²) in [6, 6.07) is 4.68. The first-order valence-electron chi connectivity index (χ1n) is 7.60. The van der Waals surface area contributed by atoms with Crippen molar-refractivity contribution in [1.29, 1.82) is 0 Å². The van der Waals surface area contributed by atoms with E-state index in [1.54, 1.807) is 12.1 Å². The third kappa shape index (κ3) is 3.05. The van der Waals surface area contributed by atoms with Crippen LogP contribution in [0.3, 0.4) is 0 Å². The summed E-state index contributed by atoms with van der Waals surface area (Å²) in [5.74, 6) is -1.37. The van der Waals surface area contributed by atoms with E-state index in [0.29, 0.717) is 11.4 Å². The van der Waals surface area contributed by atoms with E-state index in [1.165, 1.54) is 6.07 Å². The molecule has 2 aliphatic rings. The number of nitrogens with zero attached hydrogens (tertiary/aromatic N) is 2. The first-order valence-corrected chi connectivity index (χ1v) is 7.60. The summed E-state index contributed by atoms with van der Waals surface area (Å²) >= 11 is 0. The fraction of sp³-hybridized carbons (Fsp3) is 0.375. The van der Waals surface area contributed by atoms with Gasteiger partial charge in [-0.3, -0.25) is 14.5 Å². The lowest BCUT2D eigenvalue weighted by molar-refractivity contribution is -0.137. The van der Waals surface area contributed by atoms with Crippen LogP contribution < -0.4 is 10.2 Å². The normalized spacial score (nSPS) is 17.9. The molecule has 0 spiro atoms. The molecule has 0 saturated carbocycles. The zero-order valence-corrected chi connectivity index (χ0v) is 12.6. The number of β-amino-alcohol motifs (C(OH)–C–C–N with tert-alkyl or cyclic N) is 1. The number of aliphatic hydroxyl groups is 1. The molecule has 0 bridgehead atoms. The second-order valence-electron chi connectivity index (χ2n) is 5.56. The summed E-state index contributed by atoms with van der Waals surface area (Å²) in [6.45, 7) is 1.34. The number of hydrogen-bond acceptors (Lipinski definition) is 5. The van der Waals surface area contributed by atoms with Gasteiger partial charge in [0.15, 0.2) is 0 Å². The molecule has 2 amide bonds. The van der Waals surface area contributed by atoms with Gasteiger partial charge < -0.3 is 15.3 Å². The topological polar surface area (TPSA) is 72.9 Å². The first kappa shape index (κ1) is 15.5. The van der Waals surface area contributed by atoms with Crippen LogP contribution in [0.15, 0.2) is 30.0 Å². The minimum Gasteiger partial charge on any atom is -0.395 e. The lowest BCUT2D eigenvalue weighted by Crippen LogP contribution is -2.34. The van der Waals surface area contributed by atoms with Crippen molar-refractivity contribution in [3.05, 3.63) is 35.8 Å². The fourth-order valence-electron chi connectivity index (χ4n) is 2.86. The monoisotopic (exact) mass is 319 g/mol. The van der Waals surface area contributed by atoms with Crippen LogP contribution in [0, 0.1) is 5.82 Å². The summed E-state index contributed by atoms with van der Waals surface area (Å²) in [6.07, 6.45) is 3.28. The van der Waals surface area contributed by atoms with Crippen LogP contribution in [0.25, 0.3) is 0 Å². The van der Waals surface area contributed by atoms with E-state index in [-0.39, 0.29) is 24.7 Å². The van der Waals surface area contributed by atoms with Gasteiger partial charge in [0.05, 0.1) is 18.8 Å². The molecule has 1 aromatic rings. The number of nitrogens with one attached hydrogen (secondary N) is 1. The fourth-order valence-corrected chi connectivity index (χ4v) is 2.86. The van der Waals surface area contributed by atoms with Crippen molar-refractivity contribution in [2.45, 2.75) is 12.8 Å². The molecule has 7 heteroatoms. The largest absolute Gasteiger partial charge is 0.395 e. The van der Waals surface area contributed by atoms with E-state index in [2.05, 4.69) is 5.32 Å². The Morgan fingerprint density at radius 1 is 1.22 bits per heavy atom. The van der Waals surface area contributed by atoms with Crippen LogP contribution in [0.4, 0.5) is 15.8 Å². The Balaban J connectivity index is 1.73. The van der Waals surface area contributed by atoms with Crippen molar-refractivity contribution >= 4 is 23.2 Å². The van der Waals surface area contributed by atoms with Crippen molar-refractivity contribution in [3.63, 3.8) is 0 Å². The Bertz CT molecular complexity index is 669. The molecular formula is C16H18FN3O3. The van der Waals surface area contributed by atoms with Gasteiger partial charge in [-0.05, 0) is 31.0 Å². The Morgan fingerprint density at radius 2 is 1.96 bits per heavy atom. The van der Waals surface area contributed by atoms with Crippen molar-refractivity contribution in [2.24, 2.45) is 0 Å². The molecule has 0 atom stereocenters. The molecule has 1 fully saturated rings. The summed E-state index contributed by atoms with van der Waals surface area (Å²) in [4.78, 5) is 26.6. The summed E-state index contributed by atoms with van der Waals surface area (Å²) < 4.78 is 14.3. The third-order valence-electron chi connectivity index (χ3n) is 4.01. The van der Waals surface area contributed by atoms with Gasteiger partial charge in [0, 0.05) is 24.9 Å². The quantitative estimate of drug-likeness (QED) is 0.795. The van der Waals surface area contributed by atoms with E-state index in [1.807, 2.05) is 4.90 Å². The Morgan fingerprint density at radius 3 is 2.61 bits per heavy atom. The van der Waals surface area contributed by atoms with Gasteiger partial charge in [-0.15, -0.1) is 0 Å². The molecule has 1 saturated heterocycles. The van der Waals surface area contributed by atoms with Crippen molar-refractivity contribution in [1.82, 2.24) is 4.90 Å². The minimum absolute atomic E-state index is 0.0540. The Labute approximate surface area is 133 Å². The maximum Gasteiger partial charge on any atom is 0.277 e. The van der Waals surface area contributed by atoms with Crippen LogP contribution in [-0.4, -0.2) is 48.1 Å². The number of amides is 2. The average Bonchev–Trinajstić information content (AvgIpc) is 3.13. The highest BCUT2D eigenvalue weighted by molar-refractivity contribution is 6.17. The maximum atomic E-state index is 14.3. The number of carbonyl (C=O) groups excluding carboxylic acids is 2. The maximum absolute atomic E-state index is 14.3. The molecule has 2 heterocycles.